The second kappa shape index (κ2) is 22.0. The smallest absolute Gasteiger partial charge is 0.384 e. The number of pyridine rings is 10. The second-order valence-corrected chi connectivity index (χ2v) is 27.7. The summed E-state index contributed by atoms with van der Waals surface area (Å²) in [4.78, 5) is 21.3. The van der Waals surface area contributed by atoms with E-state index in [9.17, 15) is 0 Å². The zero-order chi connectivity index (χ0) is 70.2. The molecule has 5 aliphatic rings. The monoisotopic (exact) mass is 1360 g/mol. The Morgan fingerprint density at radius 3 is 1.41 bits per heavy atom. The normalized spacial score (nSPS) is 13.5. The minimum absolute atomic E-state index is 0.670. The predicted molar refractivity (Wildman–Crippen MR) is 395 cm³/mol. The number of benzene rings is 1. The minimum atomic E-state index is -2.26. The Labute approximate surface area is 594 Å². The van der Waals surface area contributed by atoms with Gasteiger partial charge < -0.3 is 26.4 Å². The summed E-state index contributed by atoms with van der Waals surface area (Å²) in [6.07, 6.45) is 39.8. The zero-order valence-corrected chi connectivity index (χ0v) is 56.2. The maximum Gasteiger partial charge on any atom is 0.384 e. The maximum atomic E-state index is 8.05. The zero-order valence-electron chi connectivity index (χ0n) is 58.4. The van der Waals surface area contributed by atoms with Crippen LogP contribution in [0.25, 0.3) is 144 Å². The van der Waals surface area contributed by atoms with Gasteiger partial charge in [0.05, 0.1) is 81.7 Å². The molecule has 26 rings (SSSR count). The Morgan fingerprint density at radius 1 is 0.379 bits per heavy atom. The number of hydrogen-bond donors (Lipinski definition) is 0. The molecule has 20 aromatic heterocycles. The largest absolute Gasteiger partial charge is 0.396 e. The molecule has 1 aromatic carbocycles. The number of fused-ring (bicyclic) bond motifs is 35. The summed E-state index contributed by atoms with van der Waals surface area (Å²) in [7, 11) is 2.14. The van der Waals surface area contributed by atoms with E-state index in [-0.39, 0.29) is 0 Å². The standard InChI is InChI=1S/C21H15N4.2C16H13N4.C15H10N3O.C15H10N3S/c1-2-6-16(7-3-1)25-19-14-23-11-5-4-8-18(23)20(19)24-13-15-9-10-22-12-17(15)21(24)25;2*1-18-15-13-4-2-3-7-19(13)10-14(15)20-9-11-5-6-17-8-12(11)16(18)20;2*1-2-6-17-9-13-14(12(17)3-1)18-8-10-4-5-16-7-11(10)15(18)19-13/h1-12,14H,13H2;2*2-8,10H,9H2,1H3;2*1-7,9H,8H2/q5*+1/i;1D3;;;. The van der Waals surface area contributed by atoms with Gasteiger partial charge in [-0.15, -0.1) is 4.57 Å². The first-order valence-corrected chi connectivity index (χ1v) is 35.1. The van der Waals surface area contributed by atoms with Crippen LogP contribution in [0, 0.1) is 0 Å². The van der Waals surface area contributed by atoms with Crippen LogP contribution in [-0.2, 0) is 46.7 Å². The van der Waals surface area contributed by atoms with Crippen LogP contribution in [0.2, 0.25) is 0 Å². The van der Waals surface area contributed by atoms with Crippen molar-refractivity contribution in [2.24, 2.45) is 14.0 Å². The molecule has 490 valence electrons. The summed E-state index contributed by atoms with van der Waals surface area (Å²) < 4.78 is 59.8. The molecule has 103 heavy (non-hydrogen) atoms. The SMILES string of the molecule is C[n+]1c2n(c3cn4ccccc4c31)Cc1ccncc1-2.[2H]C([2H])([2H])[n+]1c2n(c3cn4ccccc4c31)Cc1ccncc1-2.c1ccc(-n2c3[n+](c4c2cn2ccccc42)Cc2ccncc2-3)cc1.c1ccn2cc3oc4[n+](c3c2c1)Cc1ccncc1-4.c1ccn2cc3sc4[n+](c3c2c1)Cc1ccncc1-4. The van der Waals surface area contributed by atoms with Gasteiger partial charge in [0.2, 0.25) is 16.6 Å². The van der Waals surface area contributed by atoms with E-state index in [1.807, 2.05) is 120 Å². The van der Waals surface area contributed by atoms with Gasteiger partial charge in [0.25, 0.3) is 28.0 Å². The molecule has 20 heteroatoms. The van der Waals surface area contributed by atoms with Crippen molar-refractivity contribution in [1.82, 2.24) is 60.6 Å². The summed E-state index contributed by atoms with van der Waals surface area (Å²) in [5.41, 5.74) is 29.4. The first-order chi connectivity index (χ1) is 52.1. The molecule has 0 saturated heterocycles. The molecule has 0 aliphatic carbocycles. The summed E-state index contributed by atoms with van der Waals surface area (Å²) >= 11 is 1.86. The molecule has 21 aromatic rings. The molecule has 0 atom stereocenters. The van der Waals surface area contributed by atoms with Gasteiger partial charge in [0.15, 0.2) is 40.7 Å². The van der Waals surface area contributed by atoms with Crippen LogP contribution < -0.4 is 22.8 Å². The Balaban J connectivity index is 0.0000000830. The highest BCUT2D eigenvalue weighted by Gasteiger charge is 2.40. The van der Waals surface area contributed by atoms with Gasteiger partial charge in [0, 0.05) is 127 Å². The van der Waals surface area contributed by atoms with Crippen LogP contribution in [0.15, 0.2) is 280 Å². The Kier molecular flexibility index (Phi) is 11.6. The maximum absolute atomic E-state index is 8.05. The molecule has 0 radical (unpaired) electrons. The molecular formula is C83H61N18OS+5. The highest BCUT2D eigenvalue weighted by molar-refractivity contribution is 7.21. The van der Waals surface area contributed by atoms with E-state index in [4.69, 9.17) is 8.53 Å². The van der Waals surface area contributed by atoms with E-state index in [0.717, 1.165) is 76.4 Å². The number of oxazole rings is 1. The molecule has 5 aliphatic heterocycles. The lowest BCUT2D eigenvalue weighted by atomic mass is 10.1. The number of nitrogens with zero attached hydrogens (tertiary/aromatic N) is 18. The summed E-state index contributed by atoms with van der Waals surface area (Å²) in [6.45, 7) is 2.05. The van der Waals surface area contributed by atoms with Crippen LogP contribution in [0.5, 0.6) is 0 Å². The average molecular weight is 1360 g/mol. The van der Waals surface area contributed by atoms with Gasteiger partial charge in [-0.05, 0) is 103 Å². The molecule has 0 unspecified atom stereocenters. The van der Waals surface area contributed by atoms with E-state index in [0.29, 0.717) is 12.4 Å². The van der Waals surface area contributed by atoms with Crippen molar-refractivity contribution < 1.29 is 31.4 Å². The first kappa shape index (κ1) is 54.5. The Bertz CT molecular complexity index is 7080. The van der Waals surface area contributed by atoms with Crippen molar-refractivity contribution in [2.45, 2.75) is 32.7 Å². The quantitative estimate of drug-likeness (QED) is 0.150. The van der Waals surface area contributed by atoms with Gasteiger partial charge >= 0.3 is 5.89 Å². The fourth-order valence-electron chi connectivity index (χ4n) is 16.7. The molecule has 0 N–H and O–H groups in total. The van der Waals surface area contributed by atoms with Crippen LogP contribution in [0.4, 0.5) is 0 Å². The fraction of sp³-hybridized carbons (Fsp3) is 0.0843. The van der Waals surface area contributed by atoms with Crippen molar-refractivity contribution in [2.75, 3.05) is 0 Å². The number of rotatable bonds is 1. The molecule has 19 nitrogen and oxygen atoms in total. The van der Waals surface area contributed by atoms with Crippen LogP contribution in [-0.4, -0.2) is 60.6 Å². The van der Waals surface area contributed by atoms with E-state index in [2.05, 4.69) is 240 Å². The number of aryl methyl sites for hydroxylation is 2. The van der Waals surface area contributed by atoms with Crippen molar-refractivity contribution in [3.63, 3.8) is 0 Å². The third-order valence-electron chi connectivity index (χ3n) is 21.2. The molecule has 25 heterocycles. The van der Waals surface area contributed by atoms with E-state index in [1.54, 1.807) is 12.4 Å². The molecule has 0 bridgehead atoms. The molecular weight excluding hydrogens is 1300 g/mol. The van der Waals surface area contributed by atoms with Crippen molar-refractivity contribution in [3.8, 4) is 61.9 Å². The van der Waals surface area contributed by atoms with Crippen LogP contribution in [0.1, 0.15) is 31.9 Å². The highest BCUT2D eigenvalue weighted by Crippen LogP contribution is 2.41. The van der Waals surface area contributed by atoms with Gasteiger partial charge in [-0.1, -0.05) is 59.9 Å². The summed E-state index contributed by atoms with van der Waals surface area (Å²) in [6, 6.07) is 52.0. The number of para-hydroxylation sites is 1. The summed E-state index contributed by atoms with van der Waals surface area (Å²) in [5, 5.41) is 1.33. The lowest BCUT2D eigenvalue weighted by molar-refractivity contribution is -0.648. The van der Waals surface area contributed by atoms with Gasteiger partial charge in [-0.3, -0.25) is 24.9 Å². The fourth-order valence-corrected chi connectivity index (χ4v) is 17.9. The Morgan fingerprint density at radius 2 is 0.816 bits per heavy atom. The van der Waals surface area contributed by atoms with Crippen LogP contribution in [0.3, 0.4) is 0 Å². The lowest BCUT2D eigenvalue weighted by Crippen LogP contribution is -2.31. The highest BCUT2D eigenvalue weighted by atomic mass is 32.1. The van der Waals surface area contributed by atoms with Gasteiger partial charge in [-0.2, -0.15) is 9.13 Å². The first-order valence-electron chi connectivity index (χ1n) is 35.8. The molecule has 0 fully saturated rings. The average Bonchev–Trinajstić information content (AvgIpc) is 1.56. The van der Waals surface area contributed by atoms with E-state index in [1.165, 1.54) is 120 Å². The van der Waals surface area contributed by atoms with Gasteiger partial charge in [-0.25, -0.2) is 22.8 Å². The third-order valence-corrected chi connectivity index (χ3v) is 22.3. The number of aromatic nitrogens is 18. The minimum Gasteiger partial charge on any atom is -0.396 e. The Hall–Kier alpha value is -13.5. The second-order valence-electron chi connectivity index (χ2n) is 26.7. The lowest BCUT2D eigenvalue weighted by Gasteiger charge is -2.01. The van der Waals surface area contributed by atoms with Crippen molar-refractivity contribution in [3.05, 3.63) is 303 Å². The molecule has 0 saturated carbocycles. The van der Waals surface area contributed by atoms with Crippen molar-refractivity contribution in [1.29, 1.82) is 0 Å². The number of hydrogen-bond acceptors (Lipinski definition) is 7. The summed E-state index contributed by atoms with van der Waals surface area (Å²) in [5.74, 6) is 4.10. The van der Waals surface area contributed by atoms with Crippen molar-refractivity contribution >= 4 is 93.3 Å². The number of thiazole rings is 1. The topological polar surface area (TPSA) is 134 Å². The third kappa shape index (κ3) is 8.43. The molecule has 0 spiro atoms. The van der Waals surface area contributed by atoms with Gasteiger partial charge in [0.1, 0.15) is 46.6 Å². The molecule has 0 amide bonds. The number of imidazole rings is 3. The van der Waals surface area contributed by atoms with E-state index >= 15 is 0 Å². The van der Waals surface area contributed by atoms with Crippen LogP contribution >= 0.6 is 11.3 Å². The van der Waals surface area contributed by atoms with E-state index < -0.39 is 6.98 Å². The predicted octanol–water partition coefficient (Wildman–Crippen LogP) is 13.1.